The van der Waals surface area contributed by atoms with E-state index in [1.165, 1.54) is 61.6 Å². The number of hydrogen-bond acceptors (Lipinski definition) is 20. The maximum atomic E-state index is 13.9. The molecule has 69 heavy (non-hydrogen) atoms. The molecule has 25 heteroatoms. The van der Waals surface area contributed by atoms with Crippen molar-refractivity contribution in [1.82, 2.24) is 30.7 Å². The molecule has 0 saturated carbocycles. The van der Waals surface area contributed by atoms with Gasteiger partial charge in [-0.2, -0.15) is 5.10 Å². The zero-order valence-corrected chi connectivity index (χ0v) is 39.5. The van der Waals surface area contributed by atoms with E-state index in [2.05, 4.69) is 44.5 Å². The molecule has 6 rings (SSSR count). The van der Waals surface area contributed by atoms with E-state index in [9.17, 15) is 42.7 Å². The molecule has 0 radical (unpaired) electrons. The molecule has 2 aromatic carbocycles. The number of aliphatic hydroxyl groups is 1. The fraction of sp³-hybridized carbons (Fsp3) is 0.273. The summed E-state index contributed by atoms with van der Waals surface area (Å²) >= 11 is 0. The molecule has 0 spiro atoms. The summed E-state index contributed by atoms with van der Waals surface area (Å²) in [5.74, 6) is -0.227. The van der Waals surface area contributed by atoms with E-state index < -0.39 is 35.2 Å². The predicted octanol–water partition coefficient (Wildman–Crippen LogP) is 1.80. The van der Waals surface area contributed by atoms with Crippen molar-refractivity contribution in [3.05, 3.63) is 143 Å². The third-order valence-electron chi connectivity index (χ3n) is 7.28. The van der Waals surface area contributed by atoms with Crippen LogP contribution in [0, 0.1) is 11.6 Å². The second-order valence-electron chi connectivity index (χ2n) is 12.3. The van der Waals surface area contributed by atoms with Crippen molar-refractivity contribution in [1.29, 1.82) is 0 Å². The molecule has 368 valence electrons. The molecular weight excluding hydrogens is 931 g/mol. The smallest absolute Gasteiger partial charge is 0.867 e. The number of esters is 3. The Morgan fingerprint density at radius 1 is 0.739 bits per heavy atom. The first kappa shape index (κ1) is 64.0. The number of aliphatic hydroxyl groups excluding tert-OH is 1. The average molecular weight is 982 g/mol. The van der Waals surface area contributed by atoms with Gasteiger partial charge in [-0.05, 0) is 51.7 Å². The number of nitrogens with one attached hydrogen (secondary N) is 1. The summed E-state index contributed by atoms with van der Waals surface area (Å²) in [5.41, 5.74) is 4.96. The van der Waals surface area contributed by atoms with Crippen LogP contribution in [-0.2, 0) is 41.7 Å². The van der Waals surface area contributed by atoms with E-state index in [1.807, 2.05) is 0 Å². The first-order chi connectivity index (χ1) is 32.1. The second kappa shape index (κ2) is 36.9. The standard InChI is InChI=1S/C16H14FN3O3.C9H9NO5.C7H9FN2.C5H5NO2.C5H8O3.C2H6O.ClH.Li/c1-2-22-16(21)14-9-15(13-7-8-23-19-13)20(18-14)10-11-5-3-4-6-12(11)17;1-2-14-9(13)8(12)5-7(11)6-3-4-15-10-6;8-7-4-2-1-3-6(7)5-10-9;1-4(7)5-2-3-8-6-5;1-3-8-5(7)4(2)6;1-2-3;;/h3-9H,2,10H2,1H3;3-5,12H,2H2,1H3;1-4,10H,5,9H2;2-3H,1H3;3H2,1-2H3;3H,2H2,1H3;1H;/q;;;;;;;+1/p-1/b;8-5-;;;;;;. The summed E-state index contributed by atoms with van der Waals surface area (Å²) in [6, 6.07) is 18.9. The maximum Gasteiger partial charge on any atom is 1.00 e. The summed E-state index contributed by atoms with van der Waals surface area (Å²) in [4.78, 5) is 64.6. The Morgan fingerprint density at radius 2 is 1.23 bits per heavy atom. The number of aromatic nitrogens is 5. The van der Waals surface area contributed by atoms with E-state index in [4.69, 9.17) is 20.2 Å². The van der Waals surface area contributed by atoms with Gasteiger partial charge in [-0.25, -0.2) is 23.2 Å². The quantitative estimate of drug-likeness (QED) is 0.0161. The summed E-state index contributed by atoms with van der Waals surface area (Å²) in [7, 11) is 0. The van der Waals surface area contributed by atoms with Crippen LogP contribution in [0.25, 0.3) is 11.4 Å². The number of carbonyl (C=O) groups excluding carboxylic acids is 6. The van der Waals surface area contributed by atoms with Gasteiger partial charge in [-0.1, -0.05) is 51.9 Å². The van der Waals surface area contributed by atoms with Crippen LogP contribution in [0.3, 0.4) is 0 Å². The Hall–Kier alpha value is -7.13. The molecule has 6 aromatic rings. The van der Waals surface area contributed by atoms with Gasteiger partial charge in [0.25, 0.3) is 0 Å². The predicted molar refractivity (Wildman–Crippen MR) is 236 cm³/mol. The summed E-state index contributed by atoms with van der Waals surface area (Å²) in [6.07, 6.45) is 4.60. The maximum absolute atomic E-state index is 13.9. The number of carbonyl (C=O) groups is 6. The Labute approximate surface area is 412 Å². The molecule has 0 saturated heterocycles. The van der Waals surface area contributed by atoms with Crippen molar-refractivity contribution < 1.29 is 94.4 Å². The number of Topliss-reactive ketones (excluding diaryl/α,β-unsaturated/α-hetero) is 2. The van der Waals surface area contributed by atoms with Crippen LogP contribution in [0.15, 0.2) is 117 Å². The Balaban J connectivity index is 0. The molecule has 4 N–H and O–H groups in total. The van der Waals surface area contributed by atoms with E-state index in [1.54, 1.807) is 76.2 Å². The molecular formula is C44H51ClF2LiN7O14. The fourth-order valence-electron chi connectivity index (χ4n) is 4.35. The van der Waals surface area contributed by atoms with Gasteiger partial charge in [0.05, 0.1) is 32.1 Å². The zero-order valence-electron chi connectivity index (χ0n) is 38.7. The van der Waals surface area contributed by atoms with E-state index in [0.717, 1.165) is 0 Å². The van der Waals surface area contributed by atoms with Gasteiger partial charge in [0, 0.05) is 62.4 Å². The number of nitrogens with zero attached hydrogens (tertiary/aromatic N) is 5. The van der Waals surface area contributed by atoms with Crippen LogP contribution in [0.1, 0.15) is 84.1 Å². The van der Waals surface area contributed by atoms with Crippen molar-refractivity contribution in [2.75, 3.05) is 26.4 Å². The topological polar surface area (TPSA) is 307 Å². The van der Waals surface area contributed by atoms with Crippen LogP contribution in [0.5, 0.6) is 0 Å². The monoisotopic (exact) mass is 981 g/mol. The molecule has 21 nitrogen and oxygen atoms in total. The Bertz CT molecular complexity index is 2430. The molecule has 0 aliphatic carbocycles. The van der Waals surface area contributed by atoms with Gasteiger partial charge in [-0.15, -0.1) is 12.4 Å². The summed E-state index contributed by atoms with van der Waals surface area (Å²) < 4.78 is 55.4. The molecule has 0 atom stereocenters. The molecule has 0 amide bonds. The number of rotatable bonds is 14. The van der Waals surface area contributed by atoms with Gasteiger partial charge in [0.1, 0.15) is 41.8 Å². The Morgan fingerprint density at radius 3 is 1.65 bits per heavy atom. The van der Waals surface area contributed by atoms with E-state index >= 15 is 0 Å². The van der Waals surface area contributed by atoms with Crippen LogP contribution < -0.4 is 35.2 Å². The van der Waals surface area contributed by atoms with Crippen LogP contribution in [-0.4, -0.2) is 92.0 Å². The minimum atomic E-state index is -1.06. The van der Waals surface area contributed by atoms with E-state index in [-0.39, 0.29) is 93.0 Å². The molecule has 4 aromatic heterocycles. The molecule has 0 fully saturated rings. The van der Waals surface area contributed by atoms with Crippen molar-refractivity contribution in [2.24, 2.45) is 5.84 Å². The second-order valence-corrected chi connectivity index (χ2v) is 12.3. The molecule has 0 aliphatic rings. The SMILES string of the molecule is CC(=O)c1ccon1.CCO.CCOC(=O)/C([O-])=C/C(=O)c1ccon1.CCOC(=O)C(C)=O.CCOC(=O)c1cc(-c2ccon2)n(Cc2ccccc2F)n1.Cl.NNCc1ccccc1F.[Li+]. The van der Waals surface area contributed by atoms with Crippen molar-refractivity contribution >= 4 is 47.7 Å². The van der Waals surface area contributed by atoms with Crippen LogP contribution in [0.2, 0.25) is 0 Å². The van der Waals surface area contributed by atoms with Crippen LogP contribution in [0.4, 0.5) is 8.78 Å². The van der Waals surface area contributed by atoms with Gasteiger partial charge in [0.2, 0.25) is 11.6 Å². The van der Waals surface area contributed by atoms with Crippen LogP contribution >= 0.6 is 12.4 Å². The van der Waals surface area contributed by atoms with E-state index in [0.29, 0.717) is 40.8 Å². The molecule has 0 aliphatic heterocycles. The number of hydrogen-bond donors (Lipinski definition) is 3. The minimum Gasteiger partial charge on any atom is -0.867 e. The van der Waals surface area contributed by atoms with Gasteiger partial charge in [0.15, 0.2) is 17.2 Å². The number of ether oxygens (including phenoxy) is 3. The first-order valence-corrected chi connectivity index (χ1v) is 19.8. The van der Waals surface area contributed by atoms with Crippen molar-refractivity contribution in [2.45, 2.75) is 54.6 Å². The normalized spacial score (nSPS) is 9.68. The number of nitrogens with two attached hydrogens (primary N) is 1. The summed E-state index contributed by atoms with van der Waals surface area (Å²) in [6.45, 7) is 10.6. The third-order valence-corrected chi connectivity index (χ3v) is 7.28. The molecule has 4 heterocycles. The molecule has 0 unspecified atom stereocenters. The number of allylic oxidation sites excluding steroid dienone is 1. The van der Waals surface area contributed by atoms with Crippen molar-refractivity contribution in [3.8, 4) is 11.4 Å². The van der Waals surface area contributed by atoms with Gasteiger partial charge < -0.3 is 38.0 Å². The number of benzene rings is 2. The number of ketones is 3. The average Bonchev–Trinajstić information content (AvgIpc) is 4.16. The largest absolute Gasteiger partial charge is 1.00 e. The first-order valence-electron chi connectivity index (χ1n) is 19.8. The third kappa shape index (κ3) is 25.0. The van der Waals surface area contributed by atoms with Gasteiger partial charge in [-0.3, -0.25) is 30.3 Å². The van der Waals surface area contributed by atoms with Gasteiger partial charge >= 0.3 is 36.8 Å². The summed E-state index contributed by atoms with van der Waals surface area (Å²) in [5, 5.41) is 33.4. The zero-order chi connectivity index (χ0) is 50.1. The molecule has 0 bridgehead atoms. The Kier molecular flexibility index (Phi) is 34.2. The number of halogens is 3. The van der Waals surface area contributed by atoms with Crippen molar-refractivity contribution in [3.63, 3.8) is 0 Å². The minimum absolute atomic E-state index is 0. The fourth-order valence-corrected chi connectivity index (χ4v) is 4.35. The number of hydrazine groups is 1.